The number of para-hydroxylation sites is 2. The van der Waals surface area contributed by atoms with Crippen LogP contribution in [0.4, 0.5) is 16.5 Å². The topological polar surface area (TPSA) is 110 Å². The van der Waals surface area contributed by atoms with E-state index in [1.165, 1.54) is 16.3 Å². The van der Waals surface area contributed by atoms with Gasteiger partial charge in [-0.1, -0.05) is 36.4 Å². The standard InChI is InChI=1S/C21H14N6O2S2/c22-13-16(17(28)25-21-23-11-12-30-21)20-27(15-9-5-2-6-10-15)26-19(31-20)18(29)24-14-7-3-1-4-8-14/h1-12H,(H,24,29)(H,23,25,28)/b20-16-. The number of hydrazone groups is 1. The highest BCUT2D eigenvalue weighted by Crippen LogP contribution is 2.37. The molecule has 0 radical (unpaired) electrons. The van der Waals surface area contributed by atoms with Gasteiger partial charge >= 0.3 is 0 Å². The molecule has 31 heavy (non-hydrogen) atoms. The fourth-order valence-electron chi connectivity index (χ4n) is 2.63. The number of amides is 2. The SMILES string of the molecule is N#C/C(C(=O)Nc1nccs1)=C1/SC(C(=O)Nc2ccccc2)=NN1c1ccccc1. The number of hydrogen-bond acceptors (Lipinski definition) is 8. The second-order valence-electron chi connectivity index (χ2n) is 6.06. The minimum absolute atomic E-state index is 0.109. The molecule has 0 unspecified atom stereocenters. The number of aromatic nitrogens is 1. The Bertz CT molecular complexity index is 1200. The molecule has 0 bridgehead atoms. The molecular formula is C21H14N6O2S2. The van der Waals surface area contributed by atoms with Gasteiger partial charge in [0.2, 0.25) is 0 Å². The minimum Gasteiger partial charge on any atom is -0.320 e. The summed E-state index contributed by atoms with van der Waals surface area (Å²) in [5.41, 5.74) is 1.05. The number of anilines is 3. The molecule has 2 amide bonds. The number of hydrogen-bond donors (Lipinski definition) is 2. The average molecular weight is 447 g/mol. The summed E-state index contributed by atoms with van der Waals surface area (Å²) in [6, 6.07) is 19.9. The van der Waals surface area contributed by atoms with Crippen molar-refractivity contribution in [2.75, 3.05) is 15.6 Å². The lowest BCUT2D eigenvalue weighted by atomic mass is 10.2. The van der Waals surface area contributed by atoms with Gasteiger partial charge < -0.3 is 5.32 Å². The molecule has 4 rings (SSSR count). The lowest BCUT2D eigenvalue weighted by Gasteiger charge is -2.16. The Kier molecular flexibility index (Phi) is 6.07. The second-order valence-corrected chi connectivity index (χ2v) is 7.93. The number of thioether (sulfide) groups is 1. The van der Waals surface area contributed by atoms with Crippen LogP contribution < -0.4 is 15.6 Å². The van der Waals surface area contributed by atoms with Crippen LogP contribution >= 0.6 is 23.1 Å². The Balaban J connectivity index is 1.67. The van der Waals surface area contributed by atoms with Gasteiger partial charge in [0.05, 0.1) is 5.69 Å². The Morgan fingerprint density at radius 2 is 1.71 bits per heavy atom. The number of carbonyl (C=O) groups is 2. The molecule has 0 fully saturated rings. The molecule has 1 aliphatic rings. The van der Waals surface area contributed by atoms with Crippen molar-refractivity contribution >= 4 is 56.5 Å². The van der Waals surface area contributed by atoms with Crippen LogP contribution in [0.2, 0.25) is 0 Å². The van der Waals surface area contributed by atoms with Crippen molar-refractivity contribution in [2.45, 2.75) is 0 Å². The maximum Gasteiger partial charge on any atom is 0.283 e. The van der Waals surface area contributed by atoms with Crippen molar-refractivity contribution in [2.24, 2.45) is 5.10 Å². The zero-order valence-electron chi connectivity index (χ0n) is 15.9. The summed E-state index contributed by atoms with van der Waals surface area (Å²) in [5.74, 6) is -1.06. The van der Waals surface area contributed by atoms with Gasteiger partial charge in [-0.15, -0.1) is 11.3 Å². The molecule has 1 aliphatic heterocycles. The van der Waals surface area contributed by atoms with Gasteiger partial charge in [-0.05, 0) is 36.0 Å². The van der Waals surface area contributed by atoms with Gasteiger partial charge in [-0.2, -0.15) is 10.4 Å². The monoisotopic (exact) mass is 446 g/mol. The van der Waals surface area contributed by atoms with Crippen molar-refractivity contribution in [3.8, 4) is 6.07 Å². The third kappa shape index (κ3) is 4.63. The largest absolute Gasteiger partial charge is 0.320 e. The Morgan fingerprint density at radius 3 is 2.35 bits per heavy atom. The van der Waals surface area contributed by atoms with Gasteiger partial charge in [-0.3, -0.25) is 14.9 Å². The lowest BCUT2D eigenvalue weighted by Crippen LogP contribution is -2.19. The smallest absolute Gasteiger partial charge is 0.283 e. The first-order chi connectivity index (χ1) is 15.2. The number of nitriles is 1. The van der Waals surface area contributed by atoms with E-state index in [1.54, 1.807) is 60.1 Å². The molecule has 0 saturated heterocycles. The molecule has 1 aromatic heterocycles. The zero-order chi connectivity index (χ0) is 21.6. The molecule has 0 saturated carbocycles. The summed E-state index contributed by atoms with van der Waals surface area (Å²) in [7, 11) is 0. The second kappa shape index (κ2) is 9.25. The molecule has 8 nitrogen and oxygen atoms in total. The van der Waals surface area contributed by atoms with Crippen LogP contribution in [0.3, 0.4) is 0 Å². The molecule has 0 atom stereocenters. The maximum atomic E-state index is 12.8. The molecule has 2 heterocycles. The number of nitrogens with one attached hydrogen (secondary N) is 2. The van der Waals surface area contributed by atoms with E-state index in [0.717, 1.165) is 11.8 Å². The Morgan fingerprint density at radius 1 is 1.00 bits per heavy atom. The van der Waals surface area contributed by atoms with Gasteiger partial charge in [0.25, 0.3) is 11.8 Å². The summed E-state index contributed by atoms with van der Waals surface area (Å²) >= 11 is 2.20. The van der Waals surface area contributed by atoms with E-state index >= 15 is 0 Å². The molecular weight excluding hydrogens is 432 g/mol. The van der Waals surface area contributed by atoms with Crippen LogP contribution in [-0.2, 0) is 9.59 Å². The van der Waals surface area contributed by atoms with Crippen LogP contribution in [0, 0.1) is 11.3 Å². The molecule has 10 heteroatoms. The van der Waals surface area contributed by atoms with Crippen LogP contribution in [0.25, 0.3) is 0 Å². The van der Waals surface area contributed by atoms with Gasteiger partial charge in [0, 0.05) is 17.3 Å². The molecule has 0 aliphatic carbocycles. The molecule has 0 spiro atoms. The Labute approximate surface area is 185 Å². The summed E-state index contributed by atoms with van der Waals surface area (Å²) in [6.45, 7) is 0. The normalized spacial score (nSPS) is 14.4. The van der Waals surface area contributed by atoms with Gasteiger partial charge in [-0.25, -0.2) is 9.99 Å². The fourth-order valence-corrected chi connectivity index (χ4v) is 4.08. The fraction of sp³-hybridized carbons (Fsp3) is 0. The van der Waals surface area contributed by atoms with E-state index in [9.17, 15) is 14.9 Å². The highest BCUT2D eigenvalue weighted by Gasteiger charge is 2.33. The third-order valence-electron chi connectivity index (χ3n) is 4.01. The number of benzene rings is 2. The lowest BCUT2D eigenvalue weighted by molar-refractivity contribution is -0.112. The molecule has 152 valence electrons. The van der Waals surface area contributed by atoms with Crippen molar-refractivity contribution in [3.63, 3.8) is 0 Å². The first-order valence-corrected chi connectivity index (χ1v) is 10.7. The number of rotatable bonds is 5. The minimum atomic E-state index is -0.624. The van der Waals surface area contributed by atoms with Crippen molar-refractivity contribution in [3.05, 3.63) is 82.8 Å². The highest BCUT2D eigenvalue weighted by molar-refractivity contribution is 8.19. The number of carbonyl (C=O) groups excluding carboxylic acids is 2. The van der Waals surface area contributed by atoms with Gasteiger partial charge in [0.15, 0.2) is 10.2 Å². The molecule has 2 N–H and O–H groups in total. The van der Waals surface area contributed by atoms with E-state index in [4.69, 9.17) is 0 Å². The van der Waals surface area contributed by atoms with Crippen molar-refractivity contribution < 1.29 is 9.59 Å². The van der Waals surface area contributed by atoms with Crippen LogP contribution in [-0.4, -0.2) is 21.8 Å². The Hall–Kier alpha value is -3.94. The molecule has 3 aromatic rings. The maximum absolute atomic E-state index is 12.8. The predicted octanol–water partition coefficient (Wildman–Crippen LogP) is 4.02. The first kappa shape index (κ1) is 20.3. The predicted molar refractivity (Wildman–Crippen MR) is 122 cm³/mol. The average Bonchev–Trinajstić information content (AvgIpc) is 3.46. The van der Waals surface area contributed by atoms with E-state index < -0.39 is 11.8 Å². The van der Waals surface area contributed by atoms with E-state index in [0.29, 0.717) is 16.5 Å². The van der Waals surface area contributed by atoms with Crippen LogP contribution in [0.5, 0.6) is 0 Å². The summed E-state index contributed by atoms with van der Waals surface area (Å²) in [4.78, 5) is 29.5. The van der Waals surface area contributed by atoms with E-state index in [1.807, 2.05) is 18.2 Å². The van der Waals surface area contributed by atoms with Crippen LogP contribution in [0.1, 0.15) is 0 Å². The highest BCUT2D eigenvalue weighted by atomic mass is 32.2. The molecule has 2 aromatic carbocycles. The third-order valence-corrected chi connectivity index (χ3v) is 5.73. The van der Waals surface area contributed by atoms with Crippen molar-refractivity contribution in [1.29, 1.82) is 5.26 Å². The number of nitrogens with zero attached hydrogens (tertiary/aromatic N) is 4. The quantitative estimate of drug-likeness (QED) is 0.452. The van der Waals surface area contributed by atoms with Crippen molar-refractivity contribution in [1.82, 2.24) is 4.98 Å². The summed E-state index contributed by atoms with van der Waals surface area (Å²) in [6.07, 6.45) is 1.55. The first-order valence-electron chi connectivity index (χ1n) is 8.99. The van der Waals surface area contributed by atoms with E-state index in [2.05, 4.69) is 20.7 Å². The zero-order valence-corrected chi connectivity index (χ0v) is 17.5. The number of thiazole rings is 1. The summed E-state index contributed by atoms with van der Waals surface area (Å²) < 4.78 is 0. The van der Waals surface area contributed by atoms with E-state index in [-0.39, 0.29) is 15.6 Å². The summed E-state index contributed by atoms with van der Waals surface area (Å²) in [5, 5.41) is 23.3. The van der Waals surface area contributed by atoms with Gasteiger partial charge in [0.1, 0.15) is 16.7 Å². The van der Waals surface area contributed by atoms with Crippen LogP contribution in [0.15, 0.2) is 87.9 Å².